The van der Waals surface area contributed by atoms with E-state index in [1.807, 2.05) is 20.2 Å². The number of carbonyl (C=O) groups is 2. The molecule has 0 bridgehead atoms. The van der Waals surface area contributed by atoms with Gasteiger partial charge in [0.2, 0.25) is 5.78 Å². The summed E-state index contributed by atoms with van der Waals surface area (Å²) in [6.45, 7) is 3.44. The van der Waals surface area contributed by atoms with Gasteiger partial charge in [-0.3, -0.25) is 14.3 Å². The van der Waals surface area contributed by atoms with E-state index in [1.165, 1.54) is 6.92 Å². The molecule has 1 aromatic heterocycles. The Kier molecular flexibility index (Phi) is 3.01. The first-order valence-electron chi connectivity index (χ1n) is 4.28. The van der Waals surface area contributed by atoms with E-state index >= 15 is 0 Å². The fourth-order valence-electron chi connectivity index (χ4n) is 1.12. The van der Waals surface area contributed by atoms with E-state index in [-0.39, 0.29) is 0 Å². The second-order valence-corrected chi connectivity index (χ2v) is 3.15. The molecule has 0 fully saturated rings. The van der Waals surface area contributed by atoms with Gasteiger partial charge in [0.15, 0.2) is 0 Å². The number of nitrogens with one attached hydrogen (secondary N) is 1. The molecule has 0 saturated carbocycles. The van der Waals surface area contributed by atoms with Crippen LogP contribution in [-0.2, 0) is 23.2 Å². The van der Waals surface area contributed by atoms with Gasteiger partial charge < -0.3 is 5.32 Å². The third-order valence-corrected chi connectivity index (χ3v) is 1.87. The number of aryl methyl sites for hydroxylation is 2. The average molecular weight is 195 g/mol. The maximum atomic E-state index is 10.9. The van der Waals surface area contributed by atoms with Crippen LogP contribution in [0.25, 0.3) is 0 Å². The lowest BCUT2D eigenvalue weighted by Gasteiger charge is -2.00. The summed E-state index contributed by atoms with van der Waals surface area (Å²) in [6.07, 6.45) is 1.82. The van der Waals surface area contributed by atoms with Crippen molar-refractivity contribution in [2.24, 2.45) is 7.05 Å². The molecule has 0 spiro atoms. The fraction of sp³-hybridized carbons (Fsp3) is 0.444. The Balaban J connectivity index is 2.58. The summed E-state index contributed by atoms with van der Waals surface area (Å²) >= 11 is 0. The minimum absolute atomic E-state index is 0.345. The minimum Gasteiger partial charge on any atom is -0.345 e. The van der Waals surface area contributed by atoms with E-state index < -0.39 is 11.7 Å². The summed E-state index contributed by atoms with van der Waals surface area (Å²) in [7, 11) is 1.81. The van der Waals surface area contributed by atoms with E-state index in [9.17, 15) is 9.59 Å². The van der Waals surface area contributed by atoms with Gasteiger partial charge in [-0.15, -0.1) is 0 Å². The molecule has 1 amide bonds. The predicted octanol–water partition coefficient (Wildman–Crippen LogP) is -0.0663. The second-order valence-electron chi connectivity index (χ2n) is 3.15. The average Bonchev–Trinajstić information content (AvgIpc) is 2.40. The Morgan fingerprint density at radius 2 is 2.21 bits per heavy atom. The first-order valence-corrected chi connectivity index (χ1v) is 4.28. The van der Waals surface area contributed by atoms with Gasteiger partial charge in [-0.2, -0.15) is 5.10 Å². The molecular formula is C9H13N3O2. The third kappa shape index (κ3) is 2.42. The monoisotopic (exact) mass is 195 g/mol. The zero-order chi connectivity index (χ0) is 10.7. The molecule has 0 aliphatic carbocycles. The van der Waals surface area contributed by atoms with Gasteiger partial charge in [-0.25, -0.2) is 0 Å². The summed E-state index contributed by atoms with van der Waals surface area (Å²) in [5.74, 6) is -1.04. The number of hydrogen-bond acceptors (Lipinski definition) is 3. The molecular weight excluding hydrogens is 182 g/mol. The van der Waals surface area contributed by atoms with Crippen LogP contribution in [0.1, 0.15) is 18.2 Å². The number of Topliss-reactive ketones (excluding diaryl/α,β-unsaturated/α-hetero) is 1. The number of amides is 1. The van der Waals surface area contributed by atoms with Crippen LogP contribution in [-0.4, -0.2) is 21.5 Å². The first kappa shape index (κ1) is 10.4. The van der Waals surface area contributed by atoms with Gasteiger partial charge in [-0.05, 0) is 6.92 Å². The largest absolute Gasteiger partial charge is 0.345 e. The van der Waals surface area contributed by atoms with Crippen LogP contribution in [0.2, 0.25) is 0 Å². The number of carbonyl (C=O) groups excluding carboxylic acids is 2. The van der Waals surface area contributed by atoms with Crippen LogP contribution in [0.15, 0.2) is 6.20 Å². The van der Waals surface area contributed by atoms with E-state index in [4.69, 9.17) is 0 Å². The zero-order valence-electron chi connectivity index (χ0n) is 8.50. The topological polar surface area (TPSA) is 64.0 Å². The van der Waals surface area contributed by atoms with Crippen LogP contribution >= 0.6 is 0 Å². The van der Waals surface area contributed by atoms with E-state index in [0.29, 0.717) is 6.54 Å². The highest BCUT2D eigenvalue weighted by Crippen LogP contribution is 2.03. The third-order valence-electron chi connectivity index (χ3n) is 1.87. The predicted molar refractivity (Wildman–Crippen MR) is 50.5 cm³/mol. The zero-order valence-corrected chi connectivity index (χ0v) is 8.50. The molecule has 1 N–H and O–H groups in total. The number of ketones is 1. The number of aromatic nitrogens is 2. The van der Waals surface area contributed by atoms with Gasteiger partial charge >= 0.3 is 0 Å². The van der Waals surface area contributed by atoms with E-state index in [0.717, 1.165) is 11.3 Å². The Bertz CT molecular complexity index is 368. The number of hydrogen-bond donors (Lipinski definition) is 1. The highest BCUT2D eigenvalue weighted by molar-refractivity contribution is 6.35. The second kappa shape index (κ2) is 4.04. The SMILES string of the molecule is CC(=O)C(=O)NCc1cn(C)nc1C. The lowest BCUT2D eigenvalue weighted by molar-refractivity contribution is -0.136. The Hall–Kier alpha value is -1.65. The quantitative estimate of drug-likeness (QED) is 0.687. The lowest BCUT2D eigenvalue weighted by Crippen LogP contribution is -2.28. The maximum absolute atomic E-state index is 10.9. The number of nitrogens with zero attached hydrogens (tertiary/aromatic N) is 2. The van der Waals surface area contributed by atoms with Crippen molar-refractivity contribution in [3.05, 3.63) is 17.5 Å². The highest BCUT2D eigenvalue weighted by Gasteiger charge is 2.08. The Morgan fingerprint density at radius 3 is 2.64 bits per heavy atom. The molecule has 14 heavy (non-hydrogen) atoms. The first-order chi connectivity index (χ1) is 6.50. The molecule has 0 saturated heterocycles. The highest BCUT2D eigenvalue weighted by atomic mass is 16.2. The van der Waals surface area contributed by atoms with Crippen molar-refractivity contribution < 1.29 is 9.59 Å². The van der Waals surface area contributed by atoms with Gasteiger partial charge in [0.05, 0.1) is 5.69 Å². The molecule has 0 aliphatic heterocycles. The molecule has 76 valence electrons. The Labute approximate surface area is 82.1 Å². The fourth-order valence-corrected chi connectivity index (χ4v) is 1.12. The summed E-state index contributed by atoms with van der Waals surface area (Å²) in [5, 5.41) is 6.63. The van der Waals surface area contributed by atoms with Gasteiger partial charge in [0.25, 0.3) is 5.91 Å². The lowest BCUT2D eigenvalue weighted by atomic mass is 10.2. The summed E-state index contributed by atoms with van der Waals surface area (Å²) in [4.78, 5) is 21.6. The number of rotatable bonds is 3. The standard InChI is InChI=1S/C9H13N3O2/c1-6-8(5-12(3)11-6)4-10-9(14)7(2)13/h5H,4H2,1-3H3,(H,10,14). The summed E-state index contributed by atoms with van der Waals surface area (Å²) < 4.78 is 1.67. The van der Waals surface area contributed by atoms with Crippen molar-refractivity contribution >= 4 is 11.7 Å². The van der Waals surface area contributed by atoms with E-state index in [1.54, 1.807) is 4.68 Å². The van der Waals surface area contributed by atoms with Crippen molar-refractivity contribution in [1.82, 2.24) is 15.1 Å². The molecule has 0 atom stereocenters. The molecule has 0 aromatic carbocycles. The molecule has 1 rings (SSSR count). The van der Waals surface area contributed by atoms with Gasteiger partial charge in [0.1, 0.15) is 0 Å². The van der Waals surface area contributed by atoms with Crippen molar-refractivity contribution in [3.63, 3.8) is 0 Å². The van der Waals surface area contributed by atoms with Crippen LogP contribution in [0.4, 0.5) is 0 Å². The molecule has 5 nitrogen and oxygen atoms in total. The van der Waals surface area contributed by atoms with Crippen LogP contribution in [0.5, 0.6) is 0 Å². The minimum atomic E-state index is -0.562. The molecule has 1 aromatic rings. The summed E-state index contributed by atoms with van der Waals surface area (Å²) in [6, 6.07) is 0. The normalized spacial score (nSPS) is 9.93. The van der Waals surface area contributed by atoms with Crippen molar-refractivity contribution in [3.8, 4) is 0 Å². The maximum Gasteiger partial charge on any atom is 0.287 e. The molecule has 0 radical (unpaired) electrons. The summed E-state index contributed by atoms with van der Waals surface area (Å²) in [5.41, 5.74) is 1.78. The Morgan fingerprint density at radius 1 is 1.57 bits per heavy atom. The van der Waals surface area contributed by atoms with Crippen molar-refractivity contribution in [2.75, 3.05) is 0 Å². The molecule has 1 heterocycles. The van der Waals surface area contributed by atoms with Crippen molar-refractivity contribution in [2.45, 2.75) is 20.4 Å². The van der Waals surface area contributed by atoms with Gasteiger partial charge in [-0.1, -0.05) is 0 Å². The molecule has 0 aliphatic rings. The smallest absolute Gasteiger partial charge is 0.287 e. The van der Waals surface area contributed by atoms with Crippen LogP contribution in [0, 0.1) is 6.92 Å². The van der Waals surface area contributed by atoms with Crippen LogP contribution < -0.4 is 5.32 Å². The van der Waals surface area contributed by atoms with Gasteiger partial charge in [0, 0.05) is 32.3 Å². The van der Waals surface area contributed by atoms with Crippen molar-refractivity contribution in [1.29, 1.82) is 0 Å². The molecule has 5 heteroatoms. The molecule has 0 unspecified atom stereocenters. The van der Waals surface area contributed by atoms with Crippen LogP contribution in [0.3, 0.4) is 0 Å². The van der Waals surface area contributed by atoms with E-state index in [2.05, 4.69) is 10.4 Å².